The van der Waals surface area contributed by atoms with Gasteiger partial charge in [0, 0.05) is 33.8 Å². The summed E-state index contributed by atoms with van der Waals surface area (Å²) in [5.41, 5.74) is 4.34. The van der Waals surface area contributed by atoms with E-state index in [0.717, 1.165) is 78.5 Å². The summed E-state index contributed by atoms with van der Waals surface area (Å²) in [4.78, 5) is 72.6. The van der Waals surface area contributed by atoms with Crippen LogP contribution in [0.4, 0.5) is 5.13 Å². The minimum absolute atomic E-state index is 0.0628. The van der Waals surface area contributed by atoms with Crippen LogP contribution in [0.15, 0.2) is 59.1 Å². The number of nitrogens with zero attached hydrogens (tertiary/aromatic N) is 3. The minimum atomic E-state index is -0.484. The average molecular weight is 802 g/mol. The van der Waals surface area contributed by atoms with Crippen LogP contribution in [-0.4, -0.2) is 38.8 Å². The van der Waals surface area contributed by atoms with Crippen molar-refractivity contribution >= 4 is 95.4 Å². The second-order valence-corrected chi connectivity index (χ2v) is 21.2. The first kappa shape index (κ1) is 35.2. The van der Waals surface area contributed by atoms with Crippen LogP contribution in [0, 0.1) is 35.5 Å². The third-order valence-electron chi connectivity index (χ3n) is 15.4. The SMILES string of the molecule is CC1(C)C2=C(c3sc(C=C4C(=O)c5cc6cc7ccccc7cc6cc5C4=O)nc31)C(C)(C)c1nc(N=C3C(=O)C4CC5CC6CCCCC6CC5CC4C3=O)sc12. The predicted molar refractivity (Wildman–Crippen MR) is 230 cm³/mol. The standard InChI is InChI=1S/C49H43N3O4S2/c1-48(2)37-36(43-45(48)50-35(57-43)21-34-39(53)30-17-26-13-22-9-5-6-10-23(22)14-27(26)18-31(30)40(34)54)49(3,4)46-44(37)58-47(52-46)51-38-41(55)32-19-28-15-24-11-7-8-12-25(24)16-29(28)20-33(32)42(38)56/h5-6,9-10,13-14,17-18,21,24-25,28-29,32-33H,7-8,11-12,15-16,19-20H2,1-4H3. The molecule has 290 valence electrons. The monoisotopic (exact) mass is 801 g/mol. The fourth-order valence-corrected chi connectivity index (χ4v) is 15.2. The third kappa shape index (κ3) is 4.74. The van der Waals surface area contributed by atoms with Gasteiger partial charge in [-0.25, -0.2) is 15.0 Å². The van der Waals surface area contributed by atoms with Crippen molar-refractivity contribution in [1.29, 1.82) is 0 Å². The van der Waals surface area contributed by atoms with Crippen LogP contribution in [0.2, 0.25) is 0 Å². The molecule has 4 saturated carbocycles. The molecule has 0 radical (unpaired) electrons. The minimum Gasteiger partial charge on any atom is -0.292 e. The zero-order valence-corrected chi connectivity index (χ0v) is 34.7. The van der Waals surface area contributed by atoms with Gasteiger partial charge in [-0.15, -0.1) is 11.3 Å². The molecule has 2 aromatic heterocycles. The van der Waals surface area contributed by atoms with Gasteiger partial charge in [-0.2, -0.15) is 0 Å². The van der Waals surface area contributed by atoms with E-state index >= 15 is 0 Å². The Morgan fingerprint density at radius 3 is 1.71 bits per heavy atom. The number of aliphatic imine (C=N–C) groups is 1. The van der Waals surface area contributed by atoms with Crippen molar-refractivity contribution in [2.45, 2.75) is 89.9 Å². The number of Topliss-reactive ketones (excluding diaryl/α,β-unsaturated/α-hetero) is 4. The number of fused-ring (bicyclic) bond motifs is 10. The van der Waals surface area contributed by atoms with E-state index in [9.17, 15) is 19.2 Å². The van der Waals surface area contributed by atoms with Gasteiger partial charge in [0.15, 0.2) is 28.8 Å². The fraction of sp³-hybridized carbons (Fsp3) is 0.408. The van der Waals surface area contributed by atoms with Crippen molar-refractivity contribution in [2.24, 2.45) is 40.5 Å². The van der Waals surface area contributed by atoms with Crippen LogP contribution in [0.25, 0.3) is 38.8 Å². The Kier molecular flexibility index (Phi) is 7.25. The quantitative estimate of drug-likeness (QED) is 0.1000. The normalized spacial score (nSPS) is 28.8. The topological polar surface area (TPSA) is 106 Å². The maximum Gasteiger partial charge on any atom is 0.210 e. The molecule has 0 N–H and O–H groups in total. The van der Waals surface area contributed by atoms with Gasteiger partial charge in [-0.05, 0) is 112 Å². The summed E-state index contributed by atoms with van der Waals surface area (Å²) in [5, 5.41) is 5.15. The van der Waals surface area contributed by atoms with E-state index in [2.05, 4.69) is 52.0 Å². The number of thiazole rings is 2. The van der Waals surface area contributed by atoms with Crippen molar-refractivity contribution in [1.82, 2.24) is 9.97 Å². The van der Waals surface area contributed by atoms with Gasteiger partial charge < -0.3 is 0 Å². The molecule has 9 heteroatoms. The van der Waals surface area contributed by atoms with Gasteiger partial charge in [0.1, 0.15) is 5.01 Å². The number of benzene rings is 3. The number of ketones is 4. The molecule has 0 amide bonds. The van der Waals surface area contributed by atoms with Crippen LogP contribution >= 0.6 is 22.7 Å². The molecule has 7 aliphatic carbocycles. The van der Waals surface area contributed by atoms with Gasteiger partial charge in [0.2, 0.25) is 5.13 Å². The van der Waals surface area contributed by atoms with E-state index in [-0.39, 0.29) is 46.3 Å². The van der Waals surface area contributed by atoms with Crippen molar-refractivity contribution in [3.63, 3.8) is 0 Å². The lowest BCUT2D eigenvalue weighted by Crippen LogP contribution is -2.41. The van der Waals surface area contributed by atoms with Crippen molar-refractivity contribution in [2.75, 3.05) is 0 Å². The highest BCUT2D eigenvalue weighted by atomic mass is 32.1. The summed E-state index contributed by atoms with van der Waals surface area (Å²) in [7, 11) is 0. The summed E-state index contributed by atoms with van der Waals surface area (Å²) in [5.74, 6) is 1.61. The Hall–Kier alpha value is -4.73. The van der Waals surface area contributed by atoms with Crippen LogP contribution in [0.5, 0.6) is 0 Å². The molecular formula is C49H43N3O4S2. The molecule has 4 fully saturated rings. The Bertz CT molecular complexity index is 2770. The molecule has 6 atom stereocenters. The maximum atomic E-state index is 13.9. The van der Waals surface area contributed by atoms with Crippen LogP contribution in [0.1, 0.15) is 126 Å². The van der Waals surface area contributed by atoms with E-state index in [1.807, 2.05) is 24.3 Å². The number of hydrogen-bond donors (Lipinski definition) is 0. The number of carbonyl (C=O) groups is 4. The van der Waals surface area contributed by atoms with E-state index < -0.39 is 10.8 Å². The lowest BCUT2D eigenvalue weighted by atomic mass is 9.57. The fourth-order valence-electron chi connectivity index (χ4n) is 12.5. The van der Waals surface area contributed by atoms with Crippen molar-refractivity contribution < 1.29 is 19.2 Å². The second-order valence-electron chi connectivity index (χ2n) is 19.2. The molecule has 2 heterocycles. The Morgan fingerprint density at radius 1 is 0.638 bits per heavy atom. The zero-order chi connectivity index (χ0) is 39.6. The Morgan fingerprint density at radius 2 is 1.16 bits per heavy atom. The molecule has 0 saturated heterocycles. The number of carbonyl (C=O) groups excluding carboxylic acids is 4. The van der Waals surface area contributed by atoms with Crippen molar-refractivity contribution in [3.05, 3.63) is 91.4 Å². The lowest BCUT2D eigenvalue weighted by molar-refractivity contribution is -0.124. The van der Waals surface area contributed by atoms with E-state index in [1.165, 1.54) is 61.2 Å². The maximum absolute atomic E-state index is 13.9. The second kappa shape index (κ2) is 11.9. The van der Waals surface area contributed by atoms with Gasteiger partial charge >= 0.3 is 0 Å². The first-order valence-electron chi connectivity index (χ1n) is 21.1. The predicted octanol–water partition coefficient (Wildman–Crippen LogP) is 10.9. The molecule has 6 unspecified atom stereocenters. The first-order chi connectivity index (χ1) is 27.9. The van der Waals surface area contributed by atoms with Gasteiger partial charge in [0.05, 0.1) is 26.7 Å². The molecule has 7 aliphatic rings. The summed E-state index contributed by atoms with van der Waals surface area (Å²) in [6.45, 7) is 8.68. The van der Waals surface area contributed by atoms with Crippen LogP contribution < -0.4 is 0 Å². The van der Waals surface area contributed by atoms with E-state index in [1.54, 1.807) is 6.08 Å². The third-order valence-corrected chi connectivity index (χ3v) is 17.4. The highest BCUT2D eigenvalue weighted by Crippen LogP contribution is 2.65. The first-order valence-corrected chi connectivity index (χ1v) is 22.7. The average Bonchev–Trinajstić information content (AvgIpc) is 4.01. The lowest BCUT2D eigenvalue weighted by Gasteiger charge is -2.48. The number of aromatic nitrogens is 2. The van der Waals surface area contributed by atoms with Gasteiger partial charge in [-0.1, -0.05) is 89.0 Å². The summed E-state index contributed by atoms with van der Waals surface area (Å²) in [6, 6.07) is 16.0. The number of rotatable bonds is 2. The number of hydrogen-bond acceptors (Lipinski definition) is 9. The molecule has 0 bridgehead atoms. The van der Waals surface area contributed by atoms with E-state index in [0.29, 0.717) is 33.1 Å². The van der Waals surface area contributed by atoms with Crippen LogP contribution in [0.3, 0.4) is 0 Å². The molecule has 0 spiro atoms. The summed E-state index contributed by atoms with van der Waals surface area (Å²) < 4.78 is 0. The van der Waals surface area contributed by atoms with Gasteiger partial charge in [-0.3, -0.25) is 19.2 Å². The van der Waals surface area contributed by atoms with Crippen molar-refractivity contribution in [3.8, 4) is 0 Å². The molecule has 58 heavy (non-hydrogen) atoms. The molecule has 7 nitrogen and oxygen atoms in total. The Labute approximate surface area is 344 Å². The van der Waals surface area contributed by atoms with E-state index in [4.69, 9.17) is 15.0 Å². The molecule has 3 aromatic carbocycles. The smallest absolute Gasteiger partial charge is 0.210 e. The number of allylic oxidation sites excluding steroid dienone is 3. The molecule has 5 aromatic rings. The largest absolute Gasteiger partial charge is 0.292 e. The Balaban J connectivity index is 0.851. The van der Waals surface area contributed by atoms with Gasteiger partial charge in [0.25, 0.3) is 0 Å². The summed E-state index contributed by atoms with van der Waals surface area (Å²) >= 11 is 2.99. The zero-order valence-electron chi connectivity index (χ0n) is 33.1. The highest BCUT2D eigenvalue weighted by molar-refractivity contribution is 7.17. The van der Waals surface area contributed by atoms with Crippen LogP contribution in [-0.2, 0) is 20.4 Å². The highest BCUT2D eigenvalue weighted by Gasteiger charge is 2.56. The molecule has 12 rings (SSSR count). The summed E-state index contributed by atoms with van der Waals surface area (Å²) in [6.07, 6.45) is 11.2. The molecular weight excluding hydrogens is 759 g/mol. The molecule has 0 aliphatic heterocycles.